The number of amides is 1. The average molecular weight is 486 g/mol. The van der Waals surface area contributed by atoms with Crippen LogP contribution in [0.25, 0.3) is 5.76 Å². The number of hydrogen-bond acceptors (Lipinski definition) is 5. The number of hydrogen-bond donors (Lipinski definition) is 1. The zero-order valence-electron chi connectivity index (χ0n) is 18.2. The number of furan rings is 1. The van der Waals surface area contributed by atoms with Crippen molar-refractivity contribution in [3.05, 3.63) is 92.4 Å². The first-order valence-corrected chi connectivity index (χ1v) is 10.9. The van der Waals surface area contributed by atoms with Crippen LogP contribution in [0, 0.1) is 13.8 Å². The zero-order valence-corrected chi connectivity index (χ0v) is 19.7. The minimum Gasteiger partial charge on any atom is -0.507 e. The van der Waals surface area contributed by atoms with Gasteiger partial charge >= 0.3 is 0 Å². The number of likely N-dealkylation sites (tertiary alicyclic amines) is 1. The molecule has 33 heavy (non-hydrogen) atoms. The number of methoxy groups -OCH3 is 1. The Hall–Kier alpha value is -3.22. The van der Waals surface area contributed by atoms with Gasteiger partial charge in [-0.25, -0.2) is 0 Å². The second kappa shape index (κ2) is 8.96. The van der Waals surface area contributed by atoms with E-state index in [4.69, 9.17) is 32.4 Å². The number of carbonyl (C=O) groups excluding carboxylic acids is 2. The topological polar surface area (TPSA) is 80.0 Å². The smallest absolute Gasteiger partial charge is 0.296 e. The third kappa shape index (κ3) is 4.12. The van der Waals surface area contributed by atoms with Gasteiger partial charge in [-0.05, 0) is 49.2 Å². The number of nitrogens with zero attached hydrogens (tertiary/aromatic N) is 1. The van der Waals surface area contributed by atoms with Crippen molar-refractivity contribution >= 4 is 40.7 Å². The molecule has 0 saturated carbocycles. The largest absolute Gasteiger partial charge is 0.507 e. The zero-order chi connectivity index (χ0) is 23.9. The maximum atomic E-state index is 13.1. The summed E-state index contributed by atoms with van der Waals surface area (Å²) >= 11 is 12.5. The van der Waals surface area contributed by atoms with E-state index in [1.54, 1.807) is 12.1 Å². The third-order valence-electron chi connectivity index (χ3n) is 5.67. The van der Waals surface area contributed by atoms with Crippen LogP contribution in [0.1, 0.15) is 34.1 Å². The molecule has 6 nitrogen and oxygen atoms in total. The van der Waals surface area contributed by atoms with Crippen molar-refractivity contribution in [3.8, 4) is 5.75 Å². The van der Waals surface area contributed by atoms with E-state index < -0.39 is 23.5 Å². The maximum absolute atomic E-state index is 13.1. The van der Waals surface area contributed by atoms with Gasteiger partial charge in [0, 0.05) is 12.1 Å². The summed E-state index contributed by atoms with van der Waals surface area (Å²) in [5.74, 6) is -1.35. The number of aliphatic hydroxyl groups excluding tert-OH is 1. The lowest BCUT2D eigenvalue weighted by molar-refractivity contribution is -0.140. The van der Waals surface area contributed by atoms with Gasteiger partial charge in [0.2, 0.25) is 0 Å². The molecule has 1 N–H and O–H groups in total. The molecular weight excluding hydrogens is 465 g/mol. The average Bonchev–Trinajstić information content (AvgIpc) is 3.38. The summed E-state index contributed by atoms with van der Waals surface area (Å²) < 4.78 is 10.7. The first-order valence-electron chi connectivity index (χ1n) is 10.1. The molecule has 4 rings (SSSR count). The number of aliphatic hydroxyl groups is 1. The Bertz CT molecular complexity index is 1260. The van der Waals surface area contributed by atoms with Crippen molar-refractivity contribution in [1.29, 1.82) is 0 Å². The standard InChI is InChI=1S/C25H21Cl2NO5/c1-13-6-7-14(2)16(9-13)12-28-21(19-5-4-8-33-19)20(23(30)25(28)31)22(29)15-10-17(26)24(32-3)18(27)11-15/h4-11,21,29H,12H2,1-3H3/b22-20-. The van der Waals surface area contributed by atoms with Gasteiger partial charge in [0.1, 0.15) is 17.6 Å². The van der Waals surface area contributed by atoms with Crippen LogP contribution in [-0.4, -0.2) is 28.8 Å². The molecule has 1 amide bonds. The molecule has 1 aliphatic heterocycles. The van der Waals surface area contributed by atoms with Crippen molar-refractivity contribution in [2.45, 2.75) is 26.4 Å². The highest BCUT2D eigenvalue weighted by Crippen LogP contribution is 2.42. The normalized spacial score (nSPS) is 17.6. The third-order valence-corrected chi connectivity index (χ3v) is 6.24. The van der Waals surface area contributed by atoms with Gasteiger partial charge < -0.3 is 19.2 Å². The lowest BCUT2D eigenvalue weighted by atomic mass is 9.98. The summed E-state index contributed by atoms with van der Waals surface area (Å²) in [6.45, 7) is 4.07. The van der Waals surface area contributed by atoms with Crippen molar-refractivity contribution in [3.63, 3.8) is 0 Å². The Kier molecular flexibility index (Phi) is 6.23. The monoisotopic (exact) mass is 485 g/mol. The van der Waals surface area contributed by atoms with Crippen molar-refractivity contribution in [2.75, 3.05) is 7.11 Å². The van der Waals surface area contributed by atoms with Gasteiger partial charge in [0.25, 0.3) is 11.7 Å². The van der Waals surface area contributed by atoms with Gasteiger partial charge in [-0.1, -0.05) is 47.0 Å². The predicted octanol–water partition coefficient (Wildman–Crippen LogP) is 5.83. The van der Waals surface area contributed by atoms with Gasteiger partial charge in [0.05, 0.1) is 29.0 Å². The Morgan fingerprint density at radius 1 is 1.12 bits per heavy atom. The van der Waals surface area contributed by atoms with Gasteiger partial charge in [0.15, 0.2) is 5.75 Å². The highest BCUT2D eigenvalue weighted by atomic mass is 35.5. The van der Waals surface area contributed by atoms with Crippen LogP contribution in [0.5, 0.6) is 5.75 Å². The highest BCUT2D eigenvalue weighted by Gasteiger charge is 2.47. The molecule has 1 aromatic heterocycles. The Morgan fingerprint density at radius 3 is 2.42 bits per heavy atom. The SMILES string of the molecule is COc1c(Cl)cc(/C(O)=C2/C(=O)C(=O)N(Cc3cc(C)ccc3C)C2c2ccco2)cc1Cl. The van der Waals surface area contributed by atoms with E-state index in [0.29, 0.717) is 5.76 Å². The summed E-state index contributed by atoms with van der Waals surface area (Å²) in [6.07, 6.45) is 1.45. The van der Waals surface area contributed by atoms with E-state index in [-0.39, 0.29) is 33.5 Å². The molecule has 1 fully saturated rings. The Balaban J connectivity index is 1.86. The van der Waals surface area contributed by atoms with Crippen molar-refractivity contribution in [1.82, 2.24) is 4.90 Å². The number of ketones is 1. The summed E-state index contributed by atoms with van der Waals surface area (Å²) in [6, 6.07) is 11.2. The summed E-state index contributed by atoms with van der Waals surface area (Å²) in [5.41, 5.74) is 2.99. The van der Waals surface area contributed by atoms with Crippen LogP contribution in [0.15, 0.2) is 58.7 Å². The van der Waals surface area contributed by atoms with E-state index in [2.05, 4.69) is 0 Å². The van der Waals surface area contributed by atoms with Crippen LogP contribution in [0.2, 0.25) is 10.0 Å². The fourth-order valence-corrected chi connectivity index (χ4v) is 4.63. The van der Waals surface area contributed by atoms with Crippen LogP contribution < -0.4 is 4.74 Å². The summed E-state index contributed by atoms with van der Waals surface area (Å²) in [5, 5.41) is 11.5. The Labute approximate surface area is 201 Å². The number of Topliss-reactive ketones (excluding diaryl/α,β-unsaturated/α-hetero) is 1. The molecule has 2 aromatic carbocycles. The number of ether oxygens (including phenoxy) is 1. The quantitative estimate of drug-likeness (QED) is 0.279. The molecule has 0 spiro atoms. The van der Waals surface area contributed by atoms with Crippen LogP contribution in [-0.2, 0) is 16.1 Å². The first-order chi connectivity index (χ1) is 15.7. The number of halogens is 2. The van der Waals surface area contributed by atoms with Gasteiger partial charge in [-0.15, -0.1) is 0 Å². The number of carbonyl (C=O) groups is 2. The molecule has 0 radical (unpaired) electrons. The molecule has 1 saturated heterocycles. The molecule has 0 aliphatic carbocycles. The minimum atomic E-state index is -0.917. The van der Waals surface area contributed by atoms with E-state index in [9.17, 15) is 14.7 Å². The van der Waals surface area contributed by atoms with E-state index in [0.717, 1.165) is 16.7 Å². The molecule has 0 bridgehead atoms. The number of aryl methyl sites for hydroxylation is 2. The predicted molar refractivity (Wildman–Crippen MR) is 125 cm³/mol. The number of rotatable bonds is 5. The number of benzene rings is 2. The molecule has 2 heterocycles. The summed E-state index contributed by atoms with van der Waals surface area (Å²) in [7, 11) is 1.42. The molecule has 1 unspecified atom stereocenters. The lowest BCUT2D eigenvalue weighted by Gasteiger charge is -2.24. The fourth-order valence-electron chi connectivity index (χ4n) is 3.99. The van der Waals surface area contributed by atoms with Crippen molar-refractivity contribution < 1.29 is 23.8 Å². The maximum Gasteiger partial charge on any atom is 0.296 e. The molecular formula is C25H21Cl2NO5. The summed E-state index contributed by atoms with van der Waals surface area (Å²) in [4.78, 5) is 27.6. The highest BCUT2D eigenvalue weighted by molar-refractivity contribution is 6.46. The molecule has 170 valence electrons. The van der Waals surface area contributed by atoms with Crippen LogP contribution in [0.3, 0.4) is 0 Å². The van der Waals surface area contributed by atoms with Gasteiger partial charge in [-0.2, -0.15) is 0 Å². The van der Waals surface area contributed by atoms with Crippen LogP contribution >= 0.6 is 23.2 Å². The lowest BCUT2D eigenvalue weighted by Crippen LogP contribution is -2.29. The van der Waals surface area contributed by atoms with Crippen LogP contribution in [0.4, 0.5) is 0 Å². The second-order valence-corrected chi connectivity index (χ2v) is 8.66. The second-order valence-electron chi connectivity index (χ2n) is 7.85. The first kappa shape index (κ1) is 23.0. The van der Waals surface area contributed by atoms with Crippen molar-refractivity contribution in [2.24, 2.45) is 0 Å². The van der Waals surface area contributed by atoms with E-state index >= 15 is 0 Å². The fraction of sp³-hybridized carbons (Fsp3) is 0.200. The molecule has 1 atom stereocenters. The molecule has 1 aliphatic rings. The Morgan fingerprint density at radius 2 is 1.82 bits per heavy atom. The molecule has 3 aromatic rings. The van der Waals surface area contributed by atoms with Gasteiger partial charge in [-0.3, -0.25) is 9.59 Å². The minimum absolute atomic E-state index is 0.0995. The van der Waals surface area contributed by atoms with E-state index in [1.165, 1.54) is 30.4 Å². The van der Waals surface area contributed by atoms with E-state index in [1.807, 2.05) is 32.0 Å². The molecule has 8 heteroatoms.